The molecule has 0 aliphatic carbocycles. The van der Waals surface area contributed by atoms with Crippen molar-refractivity contribution in [1.82, 2.24) is 9.97 Å². The summed E-state index contributed by atoms with van der Waals surface area (Å²) in [5.74, 6) is 0.715. The standard InChI is InChI=1S/C23H28N2O5/c1-3-5-7-9-17-12-15-11-16(26)13-19(21(15)23(28)29-17)30-22-18(10-8-6-4-2)25-20(27)14-24-22/h11-14,26H,3-10H2,1-2H3,(H,25,27). The van der Waals surface area contributed by atoms with Crippen molar-refractivity contribution in [3.05, 3.63) is 46.3 Å². The molecule has 7 heteroatoms. The van der Waals surface area contributed by atoms with Crippen molar-refractivity contribution < 1.29 is 19.4 Å². The van der Waals surface area contributed by atoms with E-state index < -0.39 is 5.63 Å². The summed E-state index contributed by atoms with van der Waals surface area (Å²) in [6, 6.07) is 4.65. The third kappa shape index (κ3) is 5.28. The van der Waals surface area contributed by atoms with Crippen LogP contribution in [0.2, 0.25) is 0 Å². The highest BCUT2D eigenvalue weighted by molar-refractivity contribution is 5.89. The van der Waals surface area contributed by atoms with Crippen LogP contribution in [0.25, 0.3) is 10.8 Å². The highest BCUT2D eigenvalue weighted by Gasteiger charge is 2.16. The average molecular weight is 412 g/mol. The lowest BCUT2D eigenvalue weighted by Crippen LogP contribution is -2.05. The number of aryl methyl sites for hydroxylation is 2. The molecule has 0 saturated carbocycles. The zero-order valence-corrected chi connectivity index (χ0v) is 17.5. The molecule has 0 radical (unpaired) electrons. The molecular weight excluding hydrogens is 384 g/mol. The van der Waals surface area contributed by atoms with E-state index in [1.807, 2.05) is 0 Å². The number of aromatic nitrogens is 2. The first kappa shape index (κ1) is 21.6. The molecule has 3 aromatic rings. The van der Waals surface area contributed by atoms with E-state index in [0.717, 1.165) is 38.5 Å². The van der Waals surface area contributed by atoms with Crippen LogP contribution in [-0.4, -0.2) is 20.2 Å². The van der Waals surface area contributed by atoms with E-state index >= 15 is 0 Å². The van der Waals surface area contributed by atoms with Gasteiger partial charge in [0.25, 0.3) is 0 Å². The highest BCUT2D eigenvalue weighted by atomic mass is 16.5. The molecule has 3 rings (SSSR count). The van der Waals surface area contributed by atoms with Crippen LogP contribution >= 0.6 is 0 Å². The molecule has 2 N–H and O–H groups in total. The molecule has 160 valence electrons. The molecule has 0 aliphatic rings. The van der Waals surface area contributed by atoms with E-state index in [1.54, 1.807) is 6.07 Å². The van der Waals surface area contributed by atoms with E-state index in [-0.39, 0.29) is 28.6 Å². The summed E-state index contributed by atoms with van der Waals surface area (Å²) in [7, 11) is 0. The number of aromatic hydroxyl groups is 2. The first-order valence-corrected chi connectivity index (χ1v) is 10.5. The van der Waals surface area contributed by atoms with Crippen LogP contribution in [-0.2, 0) is 12.8 Å². The maximum Gasteiger partial charge on any atom is 0.347 e. The van der Waals surface area contributed by atoms with Crippen LogP contribution < -0.4 is 10.4 Å². The molecular formula is C23H28N2O5. The van der Waals surface area contributed by atoms with Crippen molar-refractivity contribution in [2.24, 2.45) is 0 Å². The molecule has 0 atom stereocenters. The van der Waals surface area contributed by atoms with Crippen LogP contribution in [0.4, 0.5) is 0 Å². The number of rotatable bonds is 10. The number of unbranched alkanes of at least 4 members (excludes halogenated alkanes) is 4. The number of hydrogen-bond acceptors (Lipinski definition) is 7. The summed E-state index contributed by atoms with van der Waals surface area (Å²) in [6.45, 7) is 4.21. The van der Waals surface area contributed by atoms with Crippen LogP contribution in [0.3, 0.4) is 0 Å². The number of nitrogens with zero attached hydrogens (tertiary/aromatic N) is 2. The molecule has 1 aromatic carbocycles. The van der Waals surface area contributed by atoms with Crippen LogP contribution in [0.5, 0.6) is 23.3 Å². The predicted molar refractivity (Wildman–Crippen MR) is 114 cm³/mol. The van der Waals surface area contributed by atoms with Crippen molar-refractivity contribution in [2.75, 3.05) is 0 Å². The monoisotopic (exact) mass is 412 g/mol. The fourth-order valence-corrected chi connectivity index (χ4v) is 3.38. The van der Waals surface area contributed by atoms with Gasteiger partial charge in [-0.3, -0.25) is 0 Å². The summed E-state index contributed by atoms with van der Waals surface area (Å²) in [5, 5.41) is 20.7. The summed E-state index contributed by atoms with van der Waals surface area (Å²) < 4.78 is 11.4. The zero-order valence-electron chi connectivity index (χ0n) is 17.5. The van der Waals surface area contributed by atoms with Gasteiger partial charge in [0.15, 0.2) is 0 Å². The normalized spacial score (nSPS) is 11.1. The minimum Gasteiger partial charge on any atom is -0.508 e. The van der Waals surface area contributed by atoms with Crippen molar-refractivity contribution in [2.45, 2.75) is 65.2 Å². The van der Waals surface area contributed by atoms with Crippen LogP contribution in [0, 0.1) is 0 Å². The highest BCUT2D eigenvalue weighted by Crippen LogP contribution is 2.33. The first-order valence-electron chi connectivity index (χ1n) is 10.5. The lowest BCUT2D eigenvalue weighted by Gasteiger charge is -2.12. The summed E-state index contributed by atoms with van der Waals surface area (Å²) in [4.78, 5) is 21.0. The zero-order chi connectivity index (χ0) is 21.5. The fraction of sp³-hybridized carbons (Fsp3) is 0.435. The third-order valence-electron chi connectivity index (χ3n) is 4.91. The maximum atomic E-state index is 12.7. The Balaban J connectivity index is 1.97. The molecule has 0 amide bonds. The van der Waals surface area contributed by atoms with Gasteiger partial charge in [-0.1, -0.05) is 39.5 Å². The number of hydrogen-bond donors (Lipinski definition) is 2. The second-order valence-corrected chi connectivity index (χ2v) is 7.40. The molecule has 7 nitrogen and oxygen atoms in total. The van der Waals surface area contributed by atoms with Crippen molar-refractivity contribution in [1.29, 1.82) is 0 Å². The Labute approximate surface area is 175 Å². The Morgan fingerprint density at radius 1 is 1.00 bits per heavy atom. The molecule has 0 unspecified atom stereocenters. The molecule has 0 aliphatic heterocycles. The average Bonchev–Trinajstić information content (AvgIpc) is 2.69. The number of benzene rings is 1. The van der Waals surface area contributed by atoms with E-state index in [9.17, 15) is 15.0 Å². The second kappa shape index (κ2) is 10.1. The largest absolute Gasteiger partial charge is 0.508 e. The lowest BCUT2D eigenvalue weighted by molar-refractivity contribution is 0.415. The van der Waals surface area contributed by atoms with E-state index in [2.05, 4.69) is 23.8 Å². The molecule has 0 bridgehead atoms. The van der Waals surface area contributed by atoms with E-state index in [0.29, 0.717) is 29.7 Å². The van der Waals surface area contributed by atoms with Gasteiger partial charge in [-0.25, -0.2) is 14.8 Å². The van der Waals surface area contributed by atoms with Gasteiger partial charge in [0.2, 0.25) is 11.8 Å². The SMILES string of the molecule is CCCCCc1cc2cc(O)cc(Oc3ncc(O)nc3CCCCC)c2c(=O)o1. The van der Waals surface area contributed by atoms with Gasteiger partial charge >= 0.3 is 5.63 Å². The molecule has 2 heterocycles. The Morgan fingerprint density at radius 3 is 2.47 bits per heavy atom. The Hall–Kier alpha value is -3.09. The Bertz CT molecular complexity index is 1060. The van der Waals surface area contributed by atoms with Crippen LogP contribution in [0.15, 0.2) is 33.6 Å². The second-order valence-electron chi connectivity index (χ2n) is 7.40. The molecule has 2 aromatic heterocycles. The van der Waals surface area contributed by atoms with Gasteiger partial charge in [0, 0.05) is 12.5 Å². The molecule has 0 spiro atoms. The van der Waals surface area contributed by atoms with Crippen molar-refractivity contribution in [3.63, 3.8) is 0 Å². The molecule has 0 saturated heterocycles. The maximum absolute atomic E-state index is 12.7. The number of phenolic OH excluding ortho intramolecular Hbond substituents is 1. The van der Waals surface area contributed by atoms with Crippen molar-refractivity contribution >= 4 is 10.8 Å². The minimum absolute atomic E-state index is 0.0260. The smallest absolute Gasteiger partial charge is 0.347 e. The summed E-state index contributed by atoms with van der Waals surface area (Å²) in [6.07, 6.45) is 8.41. The minimum atomic E-state index is -0.520. The molecule has 0 fully saturated rings. The predicted octanol–water partition coefficient (Wildman–Crippen LogP) is 5.25. The third-order valence-corrected chi connectivity index (χ3v) is 4.91. The van der Waals surface area contributed by atoms with E-state index in [4.69, 9.17) is 9.15 Å². The van der Waals surface area contributed by atoms with Gasteiger partial charge in [-0.05, 0) is 36.8 Å². The summed E-state index contributed by atoms with van der Waals surface area (Å²) >= 11 is 0. The topological polar surface area (TPSA) is 106 Å². The van der Waals surface area contributed by atoms with Crippen molar-refractivity contribution in [3.8, 4) is 23.3 Å². The van der Waals surface area contributed by atoms with Gasteiger partial charge in [-0.2, -0.15) is 0 Å². The van der Waals surface area contributed by atoms with E-state index in [1.165, 1.54) is 18.3 Å². The Morgan fingerprint density at radius 2 is 1.73 bits per heavy atom. The molecule has 30 heavy (non-hydrogen) atoms. The number of ether oxygens (including phenoxy) is 1. The van der Waals surface area contributed by atoms with Gasteiger partial charge in [0.05, 0.1) is 6.20 Å². The van der Waals surface area contributed by atoms with Crippen LogP contribution in [0.1, 0.15) is 63.8 Å². The van der Waals surface area contributed by atoms with Gasteiger partial charge in [-0.15, -0.1) is 0 Å². The summed E-state index contributed by atoms with van der Waals surface area (Å²) in [5.41, 5.74) is -0.0196. The Kier molecular flexibility index (Phi) is 7.27. The van der Waals surface area contributed by atoms with Gasteiger partial charge in [0.1, 0.15) is 28.3 Å². The van der Waals surface area contributed by atoms with Gasteiger partial charge < -0.3 is 19.4 Å². The fourth-order valence-electron chi connectivity index (χ4n) is 3.38. The quantitative estimate of drug-likeness (QED) is 0.438. The lowest BCUT2D eigenvalue weighted by atomic mass is 10.1. The number of phenols is 1. The number of fused-ring (bicyclic) bond motifs is 1. The first-order chi connectivity index (χ1) is 14.5.